The summed E-state index contributed by atoms with van der Waals surface area (Å²) in [6, 6.07) is 4.35. The Morgan fingerprint density at radius 2 is 2.21 bits per heavy atom. The second kappa shape index (κ2) is 5.75. The number of fused-ring (bicyclic) bond motifs is 1. The summed E-state index contributed by atoms with van der Waals surface area (Å²) in [5.41, 5.74) is 1.91. The lowest BCUT2D eigenvalue weighted by Gasteiger charge is -2.15. The van der Waals surface area contributed by atoms with Crippen molar-refractivity contribution in [2.75, 3.05) is 27.2 Å². The first-order chi connectivity index (χ1) is 9.00. The fourth-order valence-electron chi connectivity index (χ4n) is 2.16. The summed E-state index contributed by atoms with van der Waals surface area (Å²) in [5.74, 6) is 0.0129. The van der Waals surface area contributed by atoms with E-state index in [2.05, 4.69) is 40.1 Å². The lowest BCUT2D eigenvalue weighted by molar-refractivity contribution is 0.0941. The zero-order valence-electron chi connectivity index (χ0n) is 11.9. The van der Waals surface area contributed by atoms with Crippen LogP contribution in [0.1, 0.15) is 30.4 Å². The second-order valence-electron chi connectivity index (χ2n) is 5.22. The number of hydrogen-bond acceptors (Lipinski definition) is 3. The number of thiophene rings is 1. The molecule has 0 unspecified atom stereocenters. The summed E-state index contributed by atoms with van der Waals surface area (Å²) in [7, 11) is 4.00. The van der Waals surface area contributed by atoms with Gasteiger partial charge in [-0.25, -0.2) is 0 Å². The Morgan fingerprint density at radius 3 is 2.84 bits per heavy atom. The molecular weight excluding hydrogens is 258 g/mol. The molecule has 2 heterocycles. The van der Waals surface area contributed by atoms with Crippen LogP contribution in [0.4, 0.5) is 0 Å². The van der Waals surface area contributed by atoms with Crippen molar-refractivity contribution in [3.63, 3.8) is 0 Å². The predicted octanol–water partition coefficient (Wildman–Crippen LogP) is 2.58. The van der Waals surface area contributed by atoms with Crippen molar-refractivity contribution in [2.45, 2.75) is 19.9 Å². The highest BCUT2D eigenvalue weighted by Crippen LogP contribution is 2.28. The minimum absolute atomic E-state index is 0.0129. The molecule has 0 atom stereocenters. The quantitative estimate of drug-likeness (QED) is 0.913. The van der Waals surface area contributed by atoms with Crippen molar-refractivity contribution in [3.8, 4) is 0 Å². The number of likely N-dealkylation sites (N-methyl/N-ethyl adjacent to an activating group) is 1. The van der Waals surface area contributed by atoms with Crippen LogP contribution in [0.5, 0.6) is 0 Å². The normalized spacial score (nSPS) is 11.7. The second-order valence-corrected chi connectivity index (χ2v) is 6.17. The van der Waals surface area contributed by atoms with Gasteiger partial charge in [0.25, 0.3) is 5.91 Å². The maximum atomic E-state index is 12.3. The van der Waals surface area contributed by atoms with Crippen molar-refractivity contribution in [1.82, 2.24) is 14.8 Å². The molecular formula is C14H21N3OS. The van der Waals surface area contributed by atoms with Gasteiger partial charge >= 0.3 is 0 Å². The number of nitrogens with zero attached hydrogens (tertiary/aromatic N) is 2. The fourth-order valence-corrected chi connectivity index (χ4v) is 2.97. The molecule has 0 aliphatic carbocycles. The van der Waals surface area contributed by atoms with Gasteiger partial charge in [0.15, 0.2) is 0 Å². The molecule has 0 saturated carbocycles. The number of carbonyl (C=O) groups excluding carboxylic acids is 1. The first kappa shape index (κ1) is 14.1. The van der Waals surface area contributed by atoms with E-state index in [1.54, 1.807) is 11.3 Å². The first-order valence-electron chi connectivity index (χ1n) is 6.52. The van der Waals surface area contributed by atoms with E-state index in [1.165, 1.54) is 4.70 Å². The molecule has 0 radical (unpaired) electrons. The molecule has 0 fully saturated rings. The third-order valence-corrected chi connectivity index (χ3v) is 3.91. The maximum Gasteiger partial charge on any atom is 0.268 e. The van der Waals surface area contributed by atoms with Gasteiger partial charge in [-0.3, -0.25) is 4.79 Å². The van der Waals surface area contributed by atoms with Gasteiger partial charge in [0.05, 0.1) is 10.2 Å². The van der Waals surface area contributed by atoms with Crippen molar-refractivity contribution in [3.05, 3.63) is 23.2 Å². The van der Waals surface area contributed by atoms with Crippen LogP contribution in [0.15, 0.2) is 17.5 Å². The maximum absolute atomic E-state index is 12.3. The summed E-state index contributed by atoms with van der Waals surface area (Å²) in [6.07, 6.45) is 0. The molecule has 0 saturated heterocycles. The van der Waals surface area contributed by atoms with Gasteiger partial charge in [-0.2, -0.15) is 0 Å². The molecule has 1 amide bonds. The van der Waals surface area contributed by atoms with E-state index in [9.17, 15) is 4.79 Å². The summed E-state index contributed by atoms with van der Waals surface area (Å²) in [6.45, 7) is 5.73. The van der Waals surface area contributed by atoms with E-state index in [0.717, 1.165) is 17.8 Å². The molecule has 2 aromatic heterocycles. The molecule has 0 aliphatic rings. The molecule has 0 bridgehead atoms. The monoisotopic (exact) mass is 279 g/mol. The predicted molar refractivity (Wildman–Crippen MR) is 81.1 cm³/mol. The van der Waals surface area contributed by atoms with Crippen molar-refractivity contribution < 1.29 is 4.79 Å². The summed E-state index contributed by atoms with van der Waals surface area (Å²) < 4.78 is 3.28. The van der Waals surface area contributed by atoms with Crippen LogP contribution in [0.3, 0.4) is 0 Å². The smallest absolute Gasteiger partial charge is 0.268 e. The molecule has 4 nitrogen and oxygen atoms in total. The Bertz CT molecular complexity index is 568. The third kappa shape index (κ3) is 2.98. The highest BCUT2D eigenvalue weighted by molar-refractivity contribution is 7.17. The van der Waals surface area contributed by atoms with Gasteiger partial charge in [-0.1, -0.05) is 0 Å². The minimum Gasteiger partial charge on any atom is -0.349 e. The standard InChI is InChI=1S/C14H21N3OS/c1-10(2)17-11-5-8-19-13(11)9-12(17)14(18)15-6-7-16(3)4/h5,8-10H,6-7H2,1-4H3,(H,15,18). The van der Waals surface area contributed by atoms with Crippen molar-refractivity contribution >= 4 is 27.5 Å². The average molecular weight is 279 g/mol. The molecule has 0 aromatic carbocycles. The Morgan fingerprint density at radius 1 is 1.47 bits per heavy atom. The van der Waals surface area contributed by atoms with Gasteiger partial charge in [0.1, 0.15) is 5.69 Å². The molecule has 2 aromatic rings. The van der Waals surface area contributed by atoms with E-state index in [-0.39, 0.29) is 11.9 Å². The average Bonchev–Trinajstić information content (AvgIpc) is 2.86. The Kier molecular flexibility index (Phi) is 4.27. The van der Waals surface area contributed by atoms with Crippen LogP contribution in [0, 0.1) is 0 Å². The van der Waals surface area contributed by atoms with Crippen LogP contribution in [0.25, 0.3) is 10.2 Å². The largest absolute Gasteiger partial charge is 0.349 e. The van der Waals surface area contributed by atoms with Gasteiger partial charge in [0, 0.05) is 19.1 Å². The van der Waals surface area contributed by atoms with E-state index in [1.807, 2.05) is 20.2 Å². The van der Waals surface area contributed by atoms with Crippen LogP contribution in [0.2, 0.25) is 0 Å². The van der Waals surface area contributed by atoms with Crippen LogP contribution in [-0.2, 0) is 0 Å². The minimum atomic E-state index is 0.0129. The zero-order valence-corrected chi connectivity index (χ0v) is 12.8. The van der Waals surface area contributed by atoms with E-state index >= 15 is 0 Å². The van der Waals surface area contributed by atoms with E-state index in [4.69, 9.17) is 0 Å². The van der Waals surface area contributed by atoms with Crippen LogP contribution < -0.4 is 5.32 Å². The summed E-state index contributed by atoms with van der Waals surface area (Å²) in [5, 5.41) is 5.05. The summed E-state index contributed by atoms with van der Waals surface area (Å²) >= 11 is 1.68. The van der Waals surface area contributed by atoms with E-state index in [0.29, 0.717) is 6.54 Å². The molecule has 2 rings (SSSR count). The van der Waals surface area contributed by atoms with Gasteiger partial charge < -0.3 is 14.8 Å². The molecule has 0 spiro atoms. The van der Waals surface area contributed by atoms with E-state index < -0.39 is 0 Å². The van der Waals surface area contributed by atoms with Gasteiger partial charge in [-0.15, -0.1) is 11.3 Å². The summed E-state index contributed by atoms with van der Waals surface area (Å²) in [4.78, 5) is 14.3. The lowest BCUT2D eigenvalue weighted by atomic mass is 10.3. The Labute approximate surface area is 118 Å². The van der Waals surface area contributed by atoms with Crippen LogP contribution >= 0.6 is 11.3 Å². The number of aromatic nitrogens is 1. The van der Waals surface area contributed by atoms with Crippen molar-refractivity contribution in [2.24, 2.45) is 0 Å². The third-order valence-electron chi connectivity index (χ3n) is 3.05. The lowest BCUT2D eigenvalue weighted by Crippen LogP contribution is -2.32. The molecule has 0 aliphatic heterocycles. The number of amides is 1. The highest BCUT2D eigenvalue weighted by atomic mass is 32.1. The molecule has 104 valence electrons. The Balaban J connectivity index is 2.21. The number of carbonyl (C=O) groups is 1. The van der Waals surface area contributed by atoms with Gasteiger partial charge in [-0.05, 0) is 45.5 Å². The number of hydrogen-bond donors (Lipinski definition) is 1. The van der Waals surface area contributed by atoms with Gasteiger partial charge in [0.2, 0.25) is 0 Å². The first-order valence-corrected chi connectivity index (χ1v) is 7.40. The number of rotatable bonds is 5. The fraction of sp³-hybridized carbons (Fsp3) is 0.500. The molecule has 5 heteroatoms. The molecule has 1 N–H and O–H groups in total. The van der Waals surface area contributed by atoms with Crippen LogP contribution in [-0.4, -0.2) is 42.6 Å². The molecule has 19 heavy (non-hydrogen) atoms. The SMILES string of the molecule is CC(C)n1c(C(=O)NCCN(C)C)cc2sccc21. The number of nitrogens with one attached hydrogen (secondary N) is 1. The Hall–Kier alpha value is -1.33. The highest BCUT2D eigenvalue weighted by Gasteiger charge is 2.17. The van der Waals surface area contributed by atoms with Crippen molar-refractivity contribution in [1.29, 1.82) is 0 Å². The zero-order chi connectivity index (χ0) is 14.0. The topological polar surface area (TPSA) is 37.3 Å².